The van der Waals surface area contributed by atoms with Crippen LogP contribution in [0.15, 0.2) is 48.0 Å². The van der Waals surface area contributed by atoms with Gasteiger partial charge in [-0.1, -0.05) is 31.5 Å². The SMILES string of the molecule is CCCCc1ncc(/C=C(/C(=O)OCCCCCO[N+](=O)[O-])c2cccs2)n1Cc1ccc(C(=O)OCCCCCO[N+](=O)[O-])cc1. The molecule has 0 aliphatic heterocycles. The van der Waals surface area contributed by atoms with Crippen molar-refractivity contribution in [2.75, 3.05) is 26.4 Å². The van der Waals surface area contributed by atoms with E-state index in [0.717, 1.165) is 41.2 Å². The molecule has 1 aromatic carbocycles. The van der Waals surface area contributed by atoms with Crippen LogP contribution in [0.3, 0.4) is 0 Å². The van der Waals surface area contributed by atoms with Gasteiger partial charge in [0.05, 0.1) is 49.5 Å². The zero-order valence-electron chi connectivity index (χ0n) is 26.4. The molecule has 0 spiro atoms. The maximum Gasteiger partial charge on any atom is 0.339 e. The Morgan fingerprint density at radius 3 is 2.11 bits per heavy atom. The van der Waals surface area contributed by atoms with E-state index in [9.17, 15) is 29.8 Å². The molecule has 0 N–H and O–H groups in total. The lowest BCUT2D eigenvalue weighted by molar-refractivity contribution is -0.757. The number of ether oxygens (including phenoxy) is 2. The minimum Gasteiger partial charge on any atom is -0.462 e. The normalized spacial score (nSPS) is 11.2. The molecule has 0 bridgehead atoms. The van der Waals surface area contributed by atoms with E-state index < -0.39 is 22.1 Å². The molecule has 14 nitrogen and oxygen atoms in total. The molecular formula is C32H40N4O10S. The predicted molar refractivity (Wildman–Crippen MR) is 173 cm³/mol. The minimum absolute atomic E-state index is 0.00571. The molecule has 0 amide bonds. The molecule has 0 saturated carbocycles. The van der Waals surface area contributed by atoms with E-state index in [4.69, 9.17) is 9.47 Å². The van der Waals surface area contributed by atoms with Crippen molar-refractivity contribution in [3.8, 4) is 0 Å². The maximum atomic E-state index is 13.2. The summed E-state index contributed by atoms with van der Waals surface area (Å²) < 4.78 is 13.0. The van der Waals surface area contributed by atoms with Gasteiger partial charge < -0.3 is 23.7 Å². The van der Waals surface area contributed by atoms with E-state index in [1.165, 1.54) is 11.3 Å². The number of nitrogens with zero attached hydrogens (tertiary/aromatic N) is 4. The van der Waals surface area contributed by atoms with Gasteiger partial charge in [0.25, 0.3) is 10.2 Å². The standard InChI is InChI=1S/C32H40N4O10S/c1-2-3-12-30-33-23-27(22-28(29-11-10-21-47-29)32(38)44-18-7-5-9-20-46-36(41)42)34(30)24-25-13-15-26(16-14-25)31(37)43-17-6-4-8-19-45-35(39)40/h10-11,13-16,21-23H,2-9,12,17-20,24H2,1H3/b28-22+. The number of unbranched alkanes of at least 4 members (excludes halogenated alkanes) is 5. The number of carbonyl (C=O) groups is 2. The zero-order valence-corrected chi connectivity index (χ0v) is 27.2. The fraction of sp³-hybridized carbons (Fsp3) is 0.469. The third kappa shape index (κ3) is 13.2. The van der Waals surface area contributed by atoms with Gasteiger partial charge in [0, 0.05) is 17.8 Å². The number of rotatable bonds is 23. The van der Waals surface area contributed by atoms with Gasteiger partial charge in [-0.15, -0.1) is 31.6 Å². The second-order valence-electron chi connectivity index (χ2n) is 10.5. The minimum atomic E-state index is -0.825. The third-order valence-electron chi connectivity index (χ3n) is 6.99. The Kier molecular flexibility index (Phi) is 15.9. The molecule has 0 unspecified atom stereocenters. The topological polar surface area (TPSA) is 175 Å². The Bertz CT molecular complexity index is 1450. The van der Waals surface area contributed by atoms with Crippen LogP contribution in [0, 0.1) is 20.2 Å². The predicted octanol–water partition coefficient (Wildman–Crippen LogP) is 6.33. The van der Waals surface area contributed by atoms with Crippen LogP contribution in [0.4, 0.5) is 0 Å². The smallest absolute Gasteiger partial charge is 0.339 e. The van der Waals surface area contributed by atoms with E-state index in [-0.39, 0.29) is 26.4 Å². The highest BCUT2D eigenvalue weighted by molar-refractivity contribution is 7.11. The summed E-state index contributed by atoms with van der Waals surface area (Å²) >= 11 is 1.42. The molecule has 47 heavy (non-hydrogen) atoms. The lowest BCUT2D eigenvalue weighted by Crippen LogP contribution is -2.11. The van der Waals surface area contributed by atoms with Gasteiger partial charge in [0.15, 0.2) is 0 Å². The number of aryl methyl sites for hydroxylation is 1. The molecule has 2 heterocycles. The molecule has 0 atom stereocenters. The number of aromatic nitrogens is 2. The molecule has 15 heteroatoms. The van der Waals surface area contributed by atoms with Crippen molar-refractivity contribution in [2.45, 2.75) is 71.3 Å². The highest BCUT2D eigenvalue weighted by Crippen LogP contribution is 2.26. The summed E-state index contributed by atoms with van der Waals surface area (Å²) in [5.41, 5.74) is 2.48. The van der Waals surface area contributed by atoms with Crippen LogP contribution in [0.5, 0.6) is 0 Å². The van der Waals surface area contributed by atoms with Crippen molar-refractivity contribution in [1.82, 2.24) is 9.55 Å². The Morgan fingerprint density at radius 2 is 1.51 bits per heavy atom. The van der Waals surface area contributed by atoms with Crippen LogP contribution in [0.1, 0.15) is 90.6 Å². The largest absolute Gasteiger partial charge is 0.462 e. The van der Waals surface area contributed by atoms with Crippen molar-refractivity contribution in [3.63, 3.8) is 0 Å². The van der Waals surface area contributed by atoms with Crippen molar-refractivity contribution in [3.05, 3.63) is 95.7 Å². The molecule has 0 aliphatic carbocycles. The number of thiophene rings is 1. The van der Waals surface area contributed by atoms with Crippen molar-refractivity contribution in [2.24, 2.45) is 0 Å². The Hall–Kier alpha value is -4.79. The van der Waals surface area contributed by atoms with E-state index in [2.05, 4.69) is 26.1 Å². The monoisotopic (exact) mass is 672 g/mol. The fourth-order valence-electron chi connectivity index (χ4n) is 4.53. The van der Waals surface area contributed by atoms with Gasteiger partial charge in [-0.05, 0) is 80.2 Å². The highest BCUT2D eigenvalue weighted by atomic mass is 32.1. The summed E-state index contributed by atoms with van der Waals surface area (Å²) in [5, 5.41) is 20.7. The average molecular weight is 673 g/mol. The van der Waals surface area contributed by atoms with Gasteiger partial charge in [-0.25, -0.2) is 14.6 Å². The molecule has 0 radical (unpaired) electrons. The molecular weight excluding hydrogens is 632 g/mol. The van der Waals surface area contributed by atoms with Crippen molar-refractivity contribution >= 4 is 34.9 Å². The molecule has 254 valence electrons. The lowest BCUT2D eigenvalue weighted by Gasteiger charge is -2.13. The van der Waals surface area contributed by atoms with E-state index in [1.807, 2.05) is 29.6 Å². The van der Waals surface area contributed by atoms with Crippen LogP contribution < -0.4 is 0 Å². The van der Waals surface area contributed by atoms with Crippen molar-refractivity contribution < 1.29 is 38.9 Å². The first-order valence-corrected chi connectivity index (χ1v) is 16.4. The number of carbonyl (C=O) groups excluding carboxylic acids is 2. The van der Waals surface area contributed by atoms with Gasteiger partial charge in [-0.3, -0.25) is 0 Å². The van der Waals surface area contributed by atoms with Crippen LogP contribution >= 0.6 is 11.3 Å². The van der Waals surface area contributed by atoms with Gasteiger partial charge in [0.2, 0.25) is 0 Å². The fourth-order valence-corrected chi connectivity index (χ4v) is 5.26. The Labute approximate surface area is 276 Å². The molecule has 0 aliphatic rings. The first-order chi connectivity index (χ1) is 22.8. The van der Waals surface area contributed by atoms with Gasteiger partial charge in [0.1, 0.15) is 5.82 Å². The summed E-state index contributed by atoms with van der Waals surface area (Å²) in [5.74, 6) is -0.0392. The Morgan fingerprint density at radius 1 is 0.872 bits per heavy atom. The molecule has 3 aromatic rings. The third-order valence-corrected chi connectivity index (χ3v) is 7.89. The zero-order chi connectivity index (χ0) is 33.9. The van der Waals surface area contributed by atoms with Crippen LogP contribution in [-0.4, -0.2) is 58.1 Å². The maximum absolute atomic E-state index is 13.2. The summed E-state index contributed by atoms with van der Waals surface area (Å²) in [6, 6.07) is 10.8. The van der Waals surface area contributed by atoms with Gasteiger partial charge in [-0.2, -0.15) is 0 Å². The highest BCUT2D eigenvalue weighted by Gasteiger charge is 2.18. The second kappa shape index (κ2) is 20.4. The van der Waals surface area contributed by atoms with Crippen LogP contribution in [0.25, 0.3) is 11.6 Å². The molecule has 0 saturated heterocycles. The van der Waals surface area contributed by atoms with Crippen molar-refractivity contribution in [1.29, 1.82) is 0 Å². The molecule has 2 aromatic heterocycles. The summed E-state index contributed by atoms with van der Waals surface area (Å²) in [6.45, 7) is 2.98. The summed E-state index contributed by atoms with van der Waals surface area (Å²) in [7, 11) is 0. The van der Waals surface area contributed by atoms with E-state index in [1.54, 1.807) is 24.4 Å². The second-order valence-corrected chi connectivity index (χ2v) is 11.5. The number of hydrogen-bond donors (Lipinski definition) is 0. The Balaban J connectivity index is 1.67. The number of esters is 2. The van der Waals surface area contributed by atoms with E-state index in [0.29, 0.717) is 56.2 Å². The lowest BCUT2D eigenvalue weighted by atomic mass is 10.1. The van der Waals surface area contributed by atoms with Gasteiger partial charge >= 0.3 is 11.9 Å². The quantitative estimate of drug-likeness (QED) is 0.0362. The number of hydrogen-bond acceptors (Lipinski definition) is 12. The number of imidazole rings is 1. The van der Waals surface area contributed by atoms with Crippen LogP contribution in [0.2, 0.25) is 0 Å². The average Bonchev–Trinajstić information content (AvgIpc) is 3.72. The first-order valence-electron chi connectivity index (χ1n) is 15.6. The van der Waals surface area contributed by atoms with E-state index >= 15 is 0 Å². The number of benzene rings is 1. The molecule has 3 rings (SSSR count). The van der Waals surface area contributed by atoms with Crippen LogP contribution in [-0.2, 0) is 36.9 Å². The molecule has 0 fully saturated rings. The summed E-state index contributed by atoms with van der Waals surface area (Å²) in [6.07, 6.45) is 9.59. The first kappa shape index (κ1) is 36.7. The summed E-state index contributed by atoms with van der Waals surface area (Å²) in [4.78, 5) is 60.2.